The van der Waals surface area contributed by atoms with Gasteiger partial charge in [-0.05, 0) is 12.3 Å². The predicted octanol–water partition coefficient (Wildman–Crippen LogP) is 2.31. The number of carbonyl (C=O) groups excluding carboxylic acids is 1. The molecule has 0 aromatic carbocycles. The lowest BCUT2D eigenvalue weighted by Gasteiger charge is -2.36. The second-order valence-corrected chi connectivity index (χ2v) is 6.13. The minimum absolute atomic E-state index is 0.129. The van der Waals surface area contributed by atoms with E-state index in [2.05, 4.69) is 11.9 Å². The predicted molar refractivity (Wildman–Crippen MR) is 76.5 cm³/mol. The molecule has 1 amide bonds. The molecule has 1 fully saturated rings. The maximum absolute atomic E-state index is 12.2. The van der Waals surface area contributed by atoms with Crippen LogP contribution in [-0.4, -0.2) is 42.1 Å². The number of rotatable bonds is 4. The summed E-state index contributed by atoms with van der Waals surface area (Å²) in [5, 5.41) is 2.75. The summed E-state index contributed by atoms with van der Waals surface area (Å²) in [5.74, 6) is 1.04. The molecular formula is C13H19ClN2O2S. The van der Waals surface area contributed by atoms with E-state index in [1.807, 2.05) is 10.3 Å². The number of aromatic nitrogens is 1. The molecule has 1 aromatic rings. The summed E-state index contributed by atoms with van der Waals surface area (Å²) in [4.78, 5) is 18.4. The normalized spacial score (nSPS) is 23.6. The fourth-order valence-corrected chi connectivity index (χ4v) is 3.31. The maximum Gasteiger partial charge on any atom is 0.229 e. The largest absolute Gasteiger partial charge is 0.379 e. The summed E-state index contributed by atoms with van der Waals surface area (Å²) < 4.78 is 5.43. The van der Waals surface area contributed by atoms with Crippen LogP contribution in [0, 0.1) is 5.92 Å². The molecule has 1 aliphatic rings. The van der Waals surface area contributed by atoms with Gasteiger partial charge in [-0.25, -0.2) is 4.98 Å². The summed E-state index contributed by atoms with van der Waals surface area (Å²) in [6, 6.07) is 0. The molecule has 0 aliphatic carbocycles. The summed E-state index contributed by atoms with van der Waals surface area (Å²) in [6.45, 7) is 3.67. The first-order valence-electron chi connectivity index (χ1n) is 6.43. The van der Waals surface area contributed by atoms with Gasteiger partial charge in [0.15, 0.2) is 0 Å². The molecule has 0 N–H and O–H groups in total. The first-order valence-corrected chi connectivity index (χ1v) is 7.85. The standard InChI is InChI=1S/C13H19ClN2O2S/c1-9-3-4-16(7-11(9)18-2)13(17)5-12-15-10(6-14)8-19-12/h8-9,11H,3-7H2,1-2H3. The second kappa shape index (κ2) is 6.68. The molecule has 0 spiro atoms. The topological polar surface area (TPSA) is 42.4 Å². The Morgan fingerprint density at radius 2 is 2.47 bits per heavy atom. The molecular weight excluding hydrogens is 284 g/mol. The highest BCUT2D eigenvalue weighted by Gasteiger charge is 2.28. The van der Waals surface area contributed by atoms with Crippen LogP contribution in [0.15, 0.2) is 5.38 Å². The smallest absolute Gasteiger partial charge is 0.229 e. The second-order valence-electron chi connectivity index (χ2n) is 4.92. The van der Waals surface area contributed by atoms with Crippen molar-refractivity contribution in [2.75, 3.05) is 20.2 Å². The molecule has 0 bridgehead atoms. The summed E-state index contributed by atoms with van der Waals surface area (Å²) in [7, 11) is 1.71. The third-order valence-corrected chi connectivity index (χ3v) is 4.75. The van der Waals surface area contributed by atoms with E-state index in [4.69, 9.17) is 16.3 Å². The van der Waals surface area contributed by atoms with Gasteiger partial charge in [-0.3, -0.25) is 4.79 Å². The minimum atomic E-state index is 0.129. The average Bonchev–Trinajstić information content (AvgIpc) is 2.86. The van der Waals surface area contributed by atoms with Crippen molar-refractivity contribution in [3.05, 3.63) is 16.1 Å². The number of methoxy groups -OCH3 is 1. The Kier molecular flexibility index (Phi) is 5.19. The average molecular weight is 303 g/mol. The first-order chi connectivity index (χ1) is 9.13. The van der Waals surface area contributed by atoms with Crippen molar-refractivity contribution in [2.24, 2.45) is 5.92 Å². The monoisotopic (exact) mass is 302 g/mol. The van der Waals surface area contributed by atoms with Crippen molar-refractivity contribution >= 4 is 28.8 Å². The lowest BCUT2D eigenvalue weighted by Crippen LogP contribution is -2.47. The number of ether oxygens (including phenoxy) is 1. The Bertz CT molecular complexity index is 438. The number of alkyl halides is 1. The fourth-order valence-electron chi connectivity index (χ4n) is 2.30. The summed E-state index contributed by atoms with van der Waals surface area (Å²) in [6.07, 6.45) is 1.51. The molecule has 0 radical (unpaired) electrons. The molecule has 2 heterocycles. The summed E-state index contributed by atoms with van der Waals surface area (Å²) >= 11 is 7.21. The Morgan fingerprint density at radius 1 is 1.68 bits per heavy atom. The van der Waals surface area contributed by atoms with E-state index in [1.54, 1.807) is 7.11 Å². The van der Waals surface area contributed by atoms with Gasteiger partial charge in [0.05, 0.1) is 24.1 Å². The van der Waals surface area contributed by atoms with E-state index in [1.165, 1.54) is 11.3 Å². The zero-order chi connectivity index (χ0) is 13.8. The number of nitrogens with zero attached hydrogens (tertiary/aromatic N) is 2. The van der Waals surface area contributed by atoms with Crippen LogP contribution in [0.4, 0.5) is 0 Å². The van der Waals surface area contributed by atoms with Crippen molar-refractivity contribution in [1.82, 2.24) is 9.88 Å². The molecule has 1 aliphatic heterocycles. The van der Waals surface area contributed by atoms with Gasteiger partial charge in [0.25, 0.3) is 0 Å². The number of hydrogen-bond donors (Lipinski definition) is 0. The van der Waals surface area contributed by atoms with E-state index in [0.717, 1.165) is 23.7 Å². The highest BCUT2D eigenvalue weighted by Crippen LogP contribution is 2.21. The van der Waals surface area contributed by atoms with Gasteiger partial charge in [-0.15, -0.1) is 22.9 Å². The molecule has 4 nitrogen and oxygen atoms in total. The fraction of sp³-hybridized carbons (Fsp3) is 0.692. The highest BCUT2D eigenvalue weighted by molar-refractivity contribution is 7.09. The van der Waals surface area contributed by atoms with Crippen LogP contribution in [0.1, 0.15) is 24.0 Å². The van der Waals surface area contributed by atoms with Crippen LogP contribution >= 0.6 is 22.9 Å². The molecule has 19 heavy (non-hydrogen) atoms. The summed E-state index contributed by atoms with van der Waals surface area (Å²) in [5.41, 5.74) is 0.844. The van der Waals surface area contributed by atoms with Crippen LogP contribution < -0.4 is 0 Å². The van der Waals surface area contributed by atoms with Crippen LogP contribution in [-0.2, 0) is 21.8 Å². The maximum atomic E-state index is 12.2. The number of halogens is 1. The van der Waals surface area contributed by atoms with Gasteiger partial charge in [0.2, 0.25) is 5.91 Å². The van der Waals surface area contributed by atoms with Gasteiger partial charge in [0.1, 0.15) is 5.01 Å². The number of carbonyl (C=O) groups is 1. The van der Waals surface area contributed by atoms with Crippen molar-refractivity contribution in [2.45, 2.75) is 31.7 Å². The quantitative estimate of drug-likeness (QED) is 0.802. The number of likely N-dealkylation sites (tertiary alicyclic amines) is 1. The van der Waals surface area contributed by atoms with Crippen LogP contribution in [0.3, 0.4) is 0 Å². The van der Waals surface area contributed by atoms with E-state index in [-0.39, 0.29) is 12.0 Å². The van der Waals surface area contributed by atoms with Gasteiger partial charge in [-0.1, -0.05) is 6.92 Å². The van der Waals surface area contributed by atoms with Crippen molar-refractivity contribution in [3.8, 4) is 0 Å². The van der Waals surface area contributed by atoms with Gasteiger partial charge < -0.3 is 9.64 Å². The number of thiazole rings is 1. The van der Waals surface area contributed by atoms with E-state index >= 15 is 0 Å². The van der Waals surface area contributed by atoms with E-state index in [0.29, 0.717) is 24.8 Å². The molecule has 2 atom stereocenters. The van der Waals surface area contributed by atoms with Crippen LogP contribution in [0.25, 0.3) is 0 Å². The molecule has 1 saturated heterocycles. The third kappa shape index (κ3) is 3.68. The van der Waals surface area contributed by atoms with E-state index in [9.17, 15) is 4.79 Å². The minimum Gasteiger partial charge on any atom is -0.379 e. The lowest BCUT2D eigenvalue weighted by atomic mass is 9.95. The van der Waals surface area contributed by atoms with Gasteiger partial charge >= 0.3 is 0 Å². The Labute approximate surface area is 122 Å². The van der Waals surface area contributed by atoms with Crippen LogP contribution in [0.5, 0.6) is 0 Å². The SMILES string of the molecule is COC1CN(C(=O)Cc2nc(CCl)cs2)CCC1C. The van der Waals surface area contributed by atoms with E-state index < -0.39 is 0 Å². The Morgan fingerprint density at radius 3 is 3.11 bits per heavy atom. The number of piperidine rings is 1. The Hall–Kier alpha value is -0.650. The van der Waals surface area contributed by atoms with Crippen LogP contribution in [0.2, 0.25) is 0 Å². The van der Waals surface area contributed by atoms with Gasteiger partial charge in [-0.2, -0.15) is 0 Å². The number of amides is 1. The first kappa shape index (κ1) is 14.8. The van der Waals surface area contributed by atoms with Crippen molar-refractivity contribution < 1.29 is 9.53 Å². The van der Waals surface area contributed by atoms with Crippen molar-refractivity contribution in [1.29, 1.82) is 0 Å². The molecule has 6 heteroatoms. The zero-order valence-electron chi connectivity index (χ0n) is 11.3. The third-order valence-electron chi connectivity index (χ3n) is 3.58. The molecule has 2 unspecified atom stereocenters. The Balaban J connectivity index is 1.92. The molecule has 2 rings (SSSR count). The van der Waals surface area contributed by atoms with Gasteiger partial charge in [0, 0.05) is 25.6 Å². The zero-order valence-corrected chi connectivity index (χ0v) is 12.8. The molecule has 1 aromatic heterocycles. The van der Waals surface area contributed by atoms with Crippen molar-refractivity contribution in [3.63, 3.8) is 0 Å². The molecule has 0 saturated carbocycles. The lowest BCUT2D eigenvalue weighted by molar-refractivity contribution is -0.135. The molecule has 106 valence electrons. The highest BCUT2D eigenvalue weighted by atomic mass is 35.5. The number of hydrogen-bond acceptors (Lipinski definition) is 4.